The zero-order valence-electron chi connectivity index (χ0n) is 10.4. The lowest BCUT2D eigenvalue weighted by molar-refractivity contribution is -0.161. The van der Waals surface area contributed by atoms with Gasteiger partial charge in [-0.1, -0.05) is 13.8 Å². The van der Waals surface area contributed by atoms with E-state index < -0.39 is 22.9 Å². The molecule has 0 radical (unpaired) electrons. The molecule has 0 atom stereocenters. The number of carbonyl (C=O) groups excluding carboxylic acids is 2. The van der Waals surface area contributed by atoms with Crippen LogP contribution in [0.3, 0.4) is 0 Å². The molecule has 0 aliphatic carbocycles. The first-order valence-corrected chi connectivity index (χ1v) is 5.23. The van der Waals surface area contributed by atoms with E-state index in [2.05, 4.69) is 0 Å². The van der Waals surface area contributed by atoms with Crippen LogP contribution in [0.25, 0.3) is 0 Å². The molecular formula is C11H21NO4. The molecule has 0 saturated carbocycles. The molecule has 5 heteroatoms. The molecule has 3 N–H and O–H groups in total. The van der Waals surface area contributed by atoms with Gasteiger partial charge in [-0.2, -0.15) is 0 Å². The van der Waals surface area contributed by atoms with Gasteiger partial charge in [0, 0.05) is 13.0 Å². The zero-order chi connectivity index (χ0) is 13.0. The van der Waals surface area contributed by atoms with Crippen molar-refractivity contribution in [2.75, 3.05) is 6.61 Å². The molecule has 16 heavy (non-hydrogen) atoms. The fourth-order valence-corrected chi connectivity index (χ4v) is 1.11. The fraction of sp³-hybridized carbons (Fsp3) is 0.818. The number of aliphatic hydroxyl groups is 1. The average Bonchev–Trinajstić information content (AvgIpc) is 1.99. The molecule has 5 nitrogen and oxygen atoms in total. The summed E-state index contributed by atoms with van der Waals surface area (Å²) in [4.78, 5) is 22.6. The summed E-state index contributed by atoms with van der Waals surface area (Å²) in [5.41, 5.74) is 3.52. The molecule has 0 unspecified atom stereocenters. The highest BCUT2D eigenvalue weighted by molar-refractivity contribution is 5.85. The van der Waals surface area contributed by atoms with Gasteiger partial charge in [-0.25, -0.2) is 0 Å². The summed E-state index contributed by atoms with van der Waals surface area (Å²) in [5.74, 6) is -1.02. The van der Waals surface area contributed by atoms with Gasteiger partial charge >= 0.3 is 5.97 Å². The van der Waals surface area contributed by atoms with E-state index in [4.69, 9.17) is 15.6 Å². The maximum atomic E-state index is 11.5. The van der Waals surface area contributed by atoms with Crippen molar-refractivity contribution < 1.29 is 19.4 Å². The van der Waals surface area contributed by atoms with Crippen LogP contribution in [0.2, 0.25) is 0 Å². The van der Waals surface area contributed by atoms with E-state index in [1.807, 2.05) is 0 Å². The summed E-state index contributed by atoms with van der Waals surface area (Å²) >= 11 is 0. The number of amides is 1. The van der Waals surface area contributed by atoms with Gasteiger partial charge in [-0.05, 0) is 13.8 Å². The van der Waals surface area contributed by atoms with Gasteiger partial charge in [0.15, 0.2) is 0 Å². The van der Waals surface area contributed by atoms with E-state index in [0.29, 0.717) is 6.42 Å². The monoisotopic (exact) mass is 231 g/mol. The van der Waals surface area contributed by atoms with Crippen LogP contribution in [-0.4, -0.2) is 29.2 Å². The van der Waals surface area contributed by atoms with Crippen LogP contribution in [0, 0.1) is 5.41 Å². The van der Waals surface area contributed by atoms with Crippen molar-refractivity contribution in [3.8, 4) is 0 Å². The van der Waals surface area contributed by atoms with E-state index in [0.717, 1.165) is 0 Å². The third kappa shape index (κ3) is 5.11. The molecule has 0 aromatic heterocycles. The molecule has 0 spiro atoms. The maximum Gasteiger partial charge on any atom is 0.307 e. The Kier molecular flexibility index (Phi) is 4.93. The van der Waals surface area contributed by atoms with Crippen LogP contribution in [0.5, 0.6) is 0 Å². The summed E-state index contributed by atoms with van der Waals surface area (Å²) in [5, 5.41) is 8.77. The van der Waals surface area contributed by atoms with E-state index >= 15 is 0 Å². The summed E-state index contributed by atoms with van der Waals surface area (Å²) in [7, 11) is 0. The molecule has 0 saturated heterocycles. The molecule has 0 aromatic rings. The quantitative estimate of drug-likeness (QED) is 0.655. The second-order valence-electron chi connectivity index (χ2n) is 5.13. The van der Waals surface area contributed by atoms with Crippen LogP contribution >= 0.6 is 0 Å². The molecule has 0 aliphatic heterocycles. The molecule has 0 bridgehead atoms. The van der Waals surface area contributed by atoms with E-state index in [-0.39, 0.29) is 13.0 Å². The molecule has 0 fully saturated rings. The fourth-order valence-electron chi connectivity index (χ4n) is 1.11. The molecule has 0 aromatic carbocycles. The first-order valence-electron chi connectivity index (χ1n) is 5.23. The number of hydrogen-bond donors (Lipinski definition) is 2. The number of ether oxygens (including phenoxy) is 1. The highest BCUT2D eigenvalue weighted by atomic mass is 16.6. The second kappa shape index (κ2) is 5.30. The van der Waals surface area contributed by atoms with Gasteiger partial charge in [0.2, 0.25) is 5.91 Å². The predicted octanol–water partition coefficient (Wildman–Crippen LogP) is 0.592. The van der Waals surface area contributed by atoms with Crippen molar-refractivity contribution in [3.05, 3.63) is 0 Å². The topological polar surface area (TPSA) is 89.6 Å². The molecule has 0 rings (SSSR count). The van der Waals surface area contributed by atoms with Gasteiger partial charge in [0.25, 0.3) is 0 Å². The highest BCUT2D eigenvalue weighted by Gasteiger charge is 2.31. The van der Waals surface area contributed by atoms with Gasteiger partial charge in [-0.3, -0.25) is 9.59 Å². The molecular weight excluding hydrogens is 210 g/mol. The van der Waals surface area contributed by atoms with E-state index in [1.165, 1.54) is 0 Å². The first kappa shape index (κ1) is 14.9. The Morgan fingerprint density at radius 3 is 2.12 bits per heavy atom. The van der Waals surface area contributed by atoms with Crippen molar-refractivity contribution in [1.29, 1.82) is 0 Å². The van der Waals surface area contributed by atoms with Crippen LogP contribution in [0.4, 0.5) is 0 Å². The normalized spacial score (nSPS) is 12.3. The van der Waals surface area contributed by atoms with Crippen LogP contribution < -0.4 is 5.73 Å². The van der Waals surface area contributed by atoms with Crippen LogP contribution in [-0.2, 0) is 14.3 Å². The Hall–Kier alpha value is -1.10. The number of primary amides is 1. The van der Waals surface area contributed by atoms with Gasteiger partial charge in [0.1, 0.15) is 5.60 Å². The van der Waals surface area contributed by atoms with Crippen molar-refractivity contribution in [2.45, 2.75) is 46.1 Å². The summed E-state index contributed by atoms with van der Waals surface area (Å²) in [6.07, 6.45) is 0.299. The number of aliphatic hydroxyl groups excluding tert-OH is 1. The lowest BCUT2D eigenvalue weighted by atomic mass is 9.88. The number of carbonyl (C=O) groups is 2. The lowest BCUT2D eigenvalue weighted by Crippen LogP contribution is -2.37. The van der Waals surface area contributed by atoms with E-state index in [1.54, 1.807) is 27.7 Å². The Labute approximate surface area is 96.0 Å². The molecule has 94 valence electrons. The SMILES string of the molecule is CC(C)(CCO)OC(=O)CC(C)(C)C(N)=O. The Morgan fingerprint density at radius 1 is 1.25 bits per heavy atom. The molecule has 0 aliphatic rings. The minimum absolute atomic E-state index is 0.0561. The smallest absolute Gasteiger partial charge is 0.307 e. The van der Waals surface area contributed by atoms with Gasteiger partial charge < -0.3 is 15.6 Å². The van der Waals surface area contributed by atoms with Crippen molar-refractivity contribution >= 4 is 11.9 Å². The van der Waals surface area contributed by atoms with Crippen molar-refractivity contribution in [1.82, 2.24) is 0 Å². The predicted molar refractivity (Wildman–Crippen MR) is 59.5 cm³/mol. The van der Waals surface area contributed by atoms with Crippen molar-refractivity contribution in [3.63, 3.8) is 0 Å². The third-order valence-electron chi connectivity index (χ3n) is 2.36. The summed E-state index contributed by atoms with van der Waals surface area (Å²) in [6, 6.07) is 0. The van der Waals surface area contributed by atoms with Crippen molar-refractivity contribution in [2.24, 2.45) is 11.1 Å². The summed E-state index contributed by atoms with van der Waals surface area (Å²) < 4.78 is 5.16. The Bertz CT molecular complexity index is 271. The summed E-state index contributed by atoms with van der Waals surface area (Å²) in [6.45, 7) is 6.54. The molecule has 1 amide bonds. The number of hydrogen-bond acceptors (Lipinski definition) is 4. The highest BCUT2D eigenvalue weighted by Crippen LogP contribution is 2.23. The first-order chi connectivity index (χ1) is 7.10. The number of nitrogens with two attached hydrogens (primary N) is 1. The average molecular weight is 231 g/mol. The van der Waals surface area contributed by atoms with Gasteiger partial charge in [-0.15, -0.1) is 0 Å². The zero-order valence-corrected chi connectivity index (χ0v) is 10.4. The minimum Gasteiger partial charge on any atom is -0.460 e. The molecule has 0 heterocycles. The third-order valence-corrected chi connectivity index (χ3v) is 2.36. The second-order valence-corrected chi connectivity index (χ2v) is 5.13. The maximum absolute atomic E-state index is 11.5. The van der Waals surface area contributed by atoms with Crippen LogP contribution in [0.15, 0.2) is 0 Å². The standard InChI is InChI=1S/C11H21NO4/c1-10(2,9(12)15)7-8(14)16-11(3,4)5-6-13/h13H,5-7H2,1-4H3,(H2,12,15). The largest absolute Gasteiger partial charge is 0.460 e. The minimum atomic E-state index is -0.910. The van der Waals surface area contributed by atoms with Gasteiger partial charge in [0.05, 0.1) is 11.8 Å². The van der Waals surface area contributed by atoms with E-state index in [9.17, 15) is 9.59 Å². The number of esters is 1. The number of rotatable bonds is 6. The van der Waals surface area contributed by atoms with Crippen LogP contribution in [0.1, 0.15) is 40.5 Å². The Balaban J connectivity index is 4.34. The lowest BCUT2D eigenvalue weighted by Gasteiger charge is -2.26. The Morgan fingerprint density at radius 2 is 1.75 bits per heavy atom.